The summed E-state index contributed by atoms with van der Waals surface area (Å²) in [7, 11) is 1.61. The molecule has 0 bridgehead atoms. The van der Waals surface area contributed by atoms with Crippen molar-refractivity contribution in [1.29, 1.82) is 0 Å². The lowest BCUT2D eigenvalue weighted by molar-refractivity contribution is -0.114. The number of ether oxygens (including phenoxy) is 3. The molecule has 0 saturated carbocycles. The van der Waals surface area contributed by atoms with E-state index in [2.05, 4.69) is 46.7 Å². The van der Waals surface area contributed by atoms with E-state index in [1.165, 1.54) is 11.3 Å². The Morgan fingerprint density at radius 2 is 1.60 bits per heavy atom. The van der Waals surface area contributed by atoms with Crippen molar-refractivity contribution in [2.75, 3.05) is 20.3 Å². The van der Waals surface area contributed by atoms with Crippen LogP contribution in [0.15, 0.2) is 68.7 Å². The predicted octanol–water partition coefficient (Wildman–Crippen LogP) is 7.55. The van der Waals surface area contributed by atoms with Crippen molar-refractivity contribution in [3.63, 3.8) is 0 Å². The topological polar surface area (TPSA) is 69.5 Å². The van der Waals surface area contributed by atoms with E-state index >= 15 is 0 Å². The second-order valence-electron chi connectivity index (χ2n) is 10.6. The van der Waals surface area contributed by atoms with Gasteiger partial charge in [-0.15, -0.1) is 21.6 Å². The molecule has 0 unspecified atom stereocenters. The maximum absolute atomic E-state index is 13.5. The van der Waals surface area contributed by atoms with Gasteiger partial charge in [0, 0.05) is 22.1 Å². The van der Waals surface area contributed by atoms with Crippen LogP contribution in [-0.4, -0.2) is 26.1 Å². The average molecular weight is 493 g/mol. The summed E-state index contributed by atoms with van der Waals surface area (Å²) in [5.41, 5.74) is 2.86. The van der Waals surface area contributed by atoms with Gasteiger partial charge in [0.05, 0.1) is 7.11 Å². The first-order valence-corrected chi connectivity index (χ1v) is 12.5. The molecular weight excluding hydrogens is 460 g/mol. The molecule has 0 spiro atoms. The van der Waals surface area contributed by atoms with Crippen LogP contribution in [-0.2, 0) is 4.79 Å². The fourth-order valence-corrected chi connectivity index (χ4v) is 4.89. The molecule has 7 heteroatoms. The summed E-state index contributed by atoms with van der Waals surface area (Å²) in [6, 6.07) is 7.48. The standard InChI is InChI=1S/C28H32N2O4S/c1-27(2,3)18-14-17(15-19(24(18)31)28(4,5)6)23(26-25-22(16-35-26)33-12-13-34-25)30-29-20-10-8-9-11-21(20)32-7/h8-11,14-16H,12-13H2,1-7H3. The molecule has 0 amide bonds. The summed E-state index contributed by atoms with van der Waals surface area (Å²) in [4.78, 5) is 14.3. The molecule has 0 N–H and O–H groups in total. The van der Waals surface area contributed by atoms with Gasteiger partial charge in [-0.1, -0.05) is 53.7 Å². The molecule has 2 aliphatic rings. The Kier molecular flexibility index (Phi) is 6.73. The van der Waals surface area contributed by atoms with Gasteiger partial charge in [0.25, 0.3) is 0 Å². The molecule has 6 nitrogen and oxygen atoms in total. The maximum atomic E-state index is 13.5. The van der Waals surface area contributed by atoms with Gasteiger partial charge < -0.3 is 14.2 Å². The summed E-state index contributed by atoms with van der Waals surface area (Å²) < 4.78 is 17.2. The molecule has 0 saturated heterocycles. The number of hydrogen-bond acceptors (Lipinski definition) is 7. The van der Waals surface area contributed by atoms with Crippen molar-refractivity contribution < 1.29 is 19.0 Å². The smallest absolute Gasteiger partial charge is 0.186 e. The van der Waals surface area contributed by atoms with Crippen molar-refractivity contribution in [2.24, 2.45) is 21.1 Å². The van der Waals surface area contributed by atoms with Gasteiger partial charge in [0.15, 0.2) is 17.3 Å². The van der Waals surface area contributed by atoms with E-state index in [4.69, 9.17) is 19.3 Å². The van der Waals surface area contributed by atoms with E-state index in [9.17, 15) is 4.79 Å². The fraction of sp³-hybridized carbons (Fsp3) is 0.393. The first kappa shape index (κ1) is 24.9. The van der Waals surface area contributed by atoms with E-state index in [0.717, 1.165) is 21.6 Å². The van der Waals surface area contributed by atoms with Gasteiger partial charge in [-0.3, -0.25) is 4.79 Å². The molecule has 2 aromatic rings. The zero-order valence-electron chi connectivity index (χ0n) is 21.4. The zero-order valence-corrected chi connectivity index (χ0v) is 22.2. The van der Waals surface area contributed by atoms with Crippen molar-refractivity contribution in [1.82, 2.24) is 0 Å². The molecule has 0 atom stereocenters. The first-order valence-electron chi connectivity index (χ1n) is 11.7. The van der Waals surface area contributed by atoms with E-state index in [-0.39, 0.29) is 16.6 Å². The number of ketones is 1. The number of benzene rings is 1. The summed E-state index contributed by atoms with van der Waals surface area (Å²) in [6.45, 7) is 13.3. The number of thiophene rings is 1. The van der Waals surface area contributed by atoms with Crippen LogP contribution in [0.2, 0.25) is 0 Å². The summed E-state index contributed by atoms with van der Waals surface area (Å²) in [5, 5.41) is 11.2. The largest absolute Gasteiger partial charge is 0.494 e. The second-order valence-corrected chi connectivity index (χ2v) is 11.5. The Morgan fingerprint density at radius 3 is 2.23 bits per heavy atom. The molecule has 0 fully saturated rings. The number of hydrogen-bond donors (Lipinski definition) is 0. The number of rotatable bonds is 4. The van der Waals surface area contributed by atoms with Gasteiger partial charge >= 0.3 is 0 Å². The van der Waals surface area contributed by atoms with Gasteiger partial charge in [0.2, 0.25) is 0 Å². The number of fused-ring (bicyclic) bond motifs is 1. The molecule has 1 aliphatic heterocycles. The Labute approximate surface area is 211 Å². The monoisotopic (exact) mass is 492 g/mol. The van der Waals surface area contributed by atoms with Gasteiger partial charge in [0.1, 0.15) is 35.2 Å². The Balaban J connectivity index is 1.99. The minimum absolute atomic E-state index is 0.0718. The van der Waals surface area contributed by atoms with Crippen LogP contribution in [0.25, 0.3) is 5.70 Å². The van der Waals surface area contributed by atoms with E-state index in [0.29, 0.717) is 41.8 Å². The normalized spacial score (nSPS) is 16.3. The molecule has 184 valence electrons. The predicted molar refractivity (Wildman–Crippen MR) is 140 cm³/mol. The first-order chi connectivity index (χ1) is 16.5. The van der Waals surface area contributed by atoms with Crippen LogP contribution in [0.3, 0.4) is 0 Å². The molecule has 35 heavy (non-hydrogen) atoms. The highest BCUT2D eigenvalue weighted by Gasteiger charge is 2.35. The third-order valence-electron chi connectivity index (χ3n) is 5.84. The average Bonchev–Trinajstić information content (AvgIpc) is 3.22. The molecule has 1 aliphatic carbocycles. The Morgan fingerprint density at radius 1 is 0.971 bits per heavy atom. The second kappa shape index (κ2) is 9.46. The zero-order chi connectivity index (χ0) is 25.4. The lowest BCUT2D eigenvalue weighted by Gasteiger charge is -2.31. The van der Waals surface area contributed by atoms with E-state index < -0.39 is 0 Å². The van der Waals surface area contributed by atoms with Crippen LogP contribution in [0.1, 0.15) is 46.4 Å². The molecule has 1 aromatic carbocycles. The number of nitrogens with zero attached hydrogens (tertiary/aromatic N) is 2. The molecular formula is C28H32N2O4S. The third-order valence-corrected chi connectivity index (χ3v) is 6.78. The quantitative estimate of drug-likeness (QED) is 0.413. The SMILES string of the molecule is COc1ccccc1N=NC(=C1C=C(C(C)(C)C)C(=O)C(C(C)(C)C)=C1)c1scc2c1OCCO2. The summed E-state index contributed by atoms with van der Waals surface area (Å²) in [6.07, 6.45) is 3.90. The van der Waals surface area contributed by atoms with Crippen LogP contribution in [0, 0.1) is 10.8 Å². The number of allylic oxidation sites excluding steroid dienone is 5. The molecule has 0 radical (unpaired) electrons. The highest BCUT2D eigenvalue weighted by molar-refractivity contribution is 7.11. The van der Waals surface area contributed by atoms with Gasteiger partial charge in [-0.25, -0.2) is 0 Å². The van der Waals surface area contributed by atoms with Crippen molar-refractivity contribution in [2.45, 2.75) is 41.5 Å². The number of methoxy groups -OCH3 is 1. The highest BCUT2D eigenvalue weighted by atomic mass is 32.1. The van der Waals surface area contributed by atoms with E-state index in [1.54, 1.807) is 7.11 Å². The Bertz CT molecular complexity index is 1230. The number of para-hydroxylation sites is 1. The number of carbonyl (C=O) groups is 1. The lowest BCUT2D eigenvalue weighted by atomic mass is 9.71. The number of carbonyl (C=O) groups excluding carboxylic acids is 1. The molecule has 2 heterocycles. The summed E-state index contributed by atoms with van der Waals surface area (Å²) >= 11 is 1.49. The van der Waals surface area contributed by atoms with Crippen molar-refractivity contribution in [3.05, 3.63) is 63.4 Å². The van der Waals surface area contributed by atoms with Crippen molar-refractivity contribution in [3.8, 4) is 17.2 Å². The number of azo groups is 1. The lowest BCUT2D eigenvalue weighted by Crippen LogP contribution is -2.28. The fourth-order valence-electron chi connectivity index (χ4n) is 3.96. The van der Waals surface area contributed by atoms with E-state index in [1.807, 2.05) is 41.8 Å². The number of Topliss-reactive ketones (excluding diaryl/α,β-unsaturated/α-hetero) is 1. The van der Waals surface area contributed by atoms with Crippen LogP contribution in [0.4, 0.5) is 5.69 Å². The third kappa shape index (κ3) is 5.10. The van der Waals surface area contributed by atoms with Crippen LogP contribution < -0.4 is 14.2 Å². The van der Waals surface area contributed by atoms with Crippen LogP contribution in [0.5, 0.6) is 17.2 Å². The maximum Gasteiger partial charge on any atom is 0.186 e. The minimum Gasteiger partial charge on any atom is -0.494 e. The molecule has 4 rings (SSSR count). The van der Waals surface area contributed by atoms with Gasteiger partial charge in [-0.05, 0) is 35.1 Å². The van der Waals surface area contributed by atoms with Crippen LogP contribution >= 0.6 is 11.3 Å². The summed E-state index contributed by atoms with van der Waals surface area (Å²) in [5.74, 6) is 2.07. The Hall–Kier alpha value is -3.19. The molecule has 1 aromatic heterocycles. The minimum atomic E-state index is -0.341. The van der Waals surface area contributed by atoms with Crippen molar-refractivity contribution >= 4 is 28.5 Å². The highest BCUT2D eigenvalue weighted by Crippen LogP contribution is 2.47. The van der Waals surface area contributed by atoms with Gasteiger partial charge in [-0.2, -0.15) is 0 Å².